The third-order valence-corrected chi connectivity index (χ3v) is 4.62. The summed E-state index contributed by atoms with van der Waals surface area (Å²) in [5.74, 6) is 0. The zero-order valence-corrected chi connectivity index (χ0v) is 13.2. The van der Waals surface area contributed by atoms with Crippen LogP contribution in [0.1, 0.15) is 33.1 Å². The number of hydrogen-bond donors (Lipinski definition) is 2. The second kappa shape index (κ2) is 6.79. The molecular formula is C16H25ClN2O. The molecule has 2 rings (SSSR count). The van der Waals surface area contributed by atoms with E-state index in [1.54, 1.807) is 0 Å². The van der Waals surface area contributed by atoms with E-state index in [-0.39, 0.29) is 12.1 Å². The maximum atomic E-state index is 9.49. The monoisotopic (exact) mass is 296 g/mol. The van der Waals surface area contributed by atoms with Gasteiger partial charge in [-0.25, -0.2) is 0 Å². The van der Waals surface area contributed by atoms with Crippen molar-refractivity contribution in [2.45, 2.75) is 44.7 Å². The molecule has 1 fully saturated rings. The van der Waals surface area contributed by atoms with Crippen molar-refractivity contribution in [3.63, 3.8) is 0 Å². The summed E-state index contributed by atoms with van der Waals surface area (Å²) < 4.78 is 0. The van der Waals surface area contributed by atoms with E-state index >= 15 is 0 Å². The summed E-state index contributed by atoms with van der Waals surface area (Å²) in [7, 11) is 0. The first-order chi connectivity index (χ1) is 9.56. The molecule has 0 radical (unpaired) electrons. The van der Waals surface area contributed by atoms with Crippen molar-refractivity contribution < 1.29 is 5.11 Å². The number of aliphatic hydroxyl groups excluding tert-OH is 1. The number of rotatable bonds is 5. The summed E-state index contributed by atoms with van der Waals surface area (Å²) in [6, 6.07) is 8.55. The van der Waals surface area contributed by atoms with Crippen LogP contribution in [0.15, 0.2) is 24.3 Å². The normalized spacial score (nSPS) is 19.9. The van der Waals surface area contributed by atoms with Crippen molar-refractivity contribution in [3.05, 3.63) is 29.3 Å². The van der Waals surface area contributed by atoms with Crippen LogP contribution in [0.5, 0.6) is 0 Å². The summed E-state index contributed by atoms with van der Waals surface area (Å²) in [4.78, 5) is 2.40. The van der Waals surface area contributed by atoms with Crippen molar-refractivity contribution in [2.75, 3.05) is 24.6 Å². The van der Waals surface area contributed by atoms with Crippen LogP contribution < -0.4 is 10.2 Å². The molecule has 1 atom stereocenters. The van der Waals surface area contributed by atoms with Gasteiger partial charge in [0.15, 0.2) is 0 Å². The Balaban J connectivity index is 1.87. The molecule has 1 aliphatic rings. The van der Waals surface area contributed by atoms with Crippen LogP contribution in [0.4, 0.5) is 5.69 Å². The lowest BCUT2D eigenvalue weighted by Gasteiger charge is -2.39. The predicted octanol–water partition coefficient (Wildman–Crippen LogP) is 3.06. The highest BCUT2D eigenvalue weighted by Gasteiger charge is 2.27. The summed E-state index contributed by atoms with van der Waals surface area (Å²) in [6.45, 7) is 6.50. The van der Waals surface area contributed by atoms with E-state index in [2.05, 4.69) is 36.2 Å². The lowest BCUT2D eigenvalue weighted by molar-refractivity contribution is 0.150. The molecule has 1 saturated heterocycles. The minimum atomic E-state index is -0.146. The highest BCUT2D eigenvalue weighted by Crippen LogP contribution is 2.23. The number of anilines is 1. The highest BCUT2D eigenvalue weighted by molar-refractivity contribution is 6.30. The second-order valence-electron chi connectivity index (χ2n) is 5.95. The van der Waals surface area contributed by atoms with Crippen molar-refractivity contribution in [1.29, 1.82) is 0 Å². The van der Waals surface area contributed by atoms with E-state index in [4.69, 9.17) is 11.6 Å². The van der Waals surface area contributed by atoms with Crippen LogP contribution >= 0.6 is 11.6 Å². The van der Waals surface area contributed by atoms with Crippen molar-refractivity contribution in [1.82, 2.24) is 5.32 Å². The first kappa shape index (κ1) is 15.6. The Morgan fingerprint density at radius 2 is 1.90 bits per heavy atom. The molecular weight excluding hydrogens is 272 g/mol. The van der Waals surface area contributed by atoms with Gasteiger partial charge in [-0.05, 0) is 50.5 Å². The van der Waals surface area contributed by atoms with Gasteiger partial charge in [-0.3, -0.25) is 0 Å². The van der Waals surface area contributed by atoms with Crippen LogP contribution in [0, 0.1) is 0 Å². The molecule has 4 heteroatoms. The fraction of sp³-hybridized carbons (Fsp3) is 0.625. The van der Waals surface area contributed by atoms with Crippen LogP contribution in [0.25, 0.3) is 0 Å². The number of aliphatic hydroxyl groups is 1. The van der Waals surface area contributed by atoms with Gasteiger partial charge in [0.05, 0.1) is 6.61 Å². The van der Waals surface area contributed by atoms with E-state index in [1.165, 1.54) is 5.69 Å². The van der Waals surface area contributed by atoms with E-state index < -0.39 is 0 Å². The molecule has 1 aromatic rings. The molecule has 20 heavy (non-hydrogen) atoms. The molecule has 1 heterocycles. The Kier molecular flexibility index (Phi) is 5.30. The largest absolute Gasteiger partial charge is 0.394 e. The smallest absolute Gasteiger partial charge is 0.0610 e. The fourth-order valence-electron chi connectivity index (χ4n) is 2.69. The zero-order valence-electron chi connectivity index (χ0n) is 12.4. The standard InChI is InChI=1S/C16H25ClN2O/c1-3-16(2,12-20)18-14-8-10-19(11-9-14)15-6-4-13(17)5-7-15/h4-7,14,18,20H,3,8-12H2,1-2H3. The van der Waals surface area contributed by atoms with E-state index in [0.29, 0.717) is 6.04 Å². The third kappa shape index (κ3) is 3.87. The van der Waals surface area contributed by atoms with Crippen LogP contribution in [-0.4, -0.2) is 36.4 Å². The number of hydrogen-bond acceptors (Lipinski definition) is 3. The molecule has 0 amide bonds. The highest BCUT2D eigenvalue weighted by atomic mass is 35.5. The summed E-state index contributed by atoms with van der Waals surface area (Å²) in [6.07, 6.45) is 3.16. The number of nitrogens with one attached hydrogen (secondary N) is 1. The summed E-state index contributed by atoms with van der Waals surface area (Å²) in [5, 5.41) is 13.9. The number of piperidine rings is 1. The fourth-order valence-corrected chi connectivity index (χ4v) is 2.81. The maximum absolute atomic E-state index is 9.49. The van der Waals surface area contributed by atoms with Gasteiger partial charge in [0.25, 0.3) is 0 Å². The molecule has 112 valence electrons. The van der Waals surface area contributed by atoms with Crippen LogP contribution in [0.3, 0.4) is 0 Å². The zero-order chi connectivity index (χ0) is 14.6. The van der Waals surface area contributed by atoms with E-state index in [0.717, 1.165) is 37.4 Å². The Hall–Kier alpha value is -0.770. The summed E-state index contributed by atoms with van der Waals surface area (Å²) in [5.41, 5.74) is 1.10. The van der Waals surface area contributed by atoms with Gasteiger partial charge < -0.3 is 15.3 Å². The van der Waals surface area contributed by atoms with Crippen LogP contribution in [0.2, 0.25) is 5.02 Å². The van der Waals surface area contributed by atoms with Crippen LogP contribution in [-0.2, 0) is 0 Å². The Morgan fingerprint density at radius 1 is 1.30 bits per heavy atom. The van der Waals surface area contributed by atoms with Gasteiger partial charge >= 0.3 is 0 Å². The molecule has 0 aromatic heterocycles. The quantitative estimate of drug-likeness (QED) is 0.876. The molecule has 0 bridgehead atoms. The summed E-state index contributed by atoms with van der Waals surface area (Å²) >= 11 is 5.93. The first-order valence-corrected chi connectivity index (χ1v) is 7.83. The number of benzene rings is 1. The molecule has 0 spiro atoms. The Morgan fingerprint density at radius 3 is 2.40 bits per heavy atom. The minimum absolute atomic E-state index is 0.146. The van der Waals surface area contributed by atoms with Gasteiger partial charge in [0, 0.05) is 35.4 Å². The molecule has 1 unspecified atom stereocenters. The van der Waals surface area contributed by atoms with Gasteiger partial charge in [-0.1, -0.05) is 18.5 Å². The van der Waals surface area contributed by atoms with Crippen molar-refractivity contribution >= 4 is 17.3 Å². The van der Waals surface area contributed by atoms with Crippen molar-refractivity contribution in [3.8, 4) is 0 Å². The average Bonchev–Trinajstić information content (AvgIpc) is 2.49. The van der Waals surface area contributed by atoms with Gasteiger partial charge in [-0.15, -0.1) is 0 Å². The molecule has 0 saturated carbocycles. The second-order valence-corrected chi connectivity index (χ2v) is 6.39. The number of nitrogens with zero attached hydrogens (tertiary/aromatic N) is 1. The minimum Gasteiger partial charge on any atom is -0.394 e. The maximum Gasteiger partial charge on any atom is 0.0610 e. The topological polar surface area (TPSA) is 35.5 Å². The number of halogens is 1. The third-order valence-electron chi connectivity index (χ3n) is 4.37. The van der Waals surface area contributed by atoms with E-state index in [1.807, 2.05) is 12.1 Å². The lowest BCUT2D eigenvalue weighted by atomic mass is 9.95. The SMILES string of the molecule is CCC(C)(CO)NC1CCN(c2ccc(Cl)cc2)CC1. The Bertz CT molecular complexity index is 409. The average molecular weight is 297 g/mol. The first-order valence-electron chi connectivity index (χ1n) is 7.45. The van der Waals surface area contributed by atoms with E-state index in [9.17, 15) is 5.11 Å². The Labute approximate surface area is 126 Å². The molecule has 3 nitrogen and oxygen atoms in total. The van der Waals surface area contributed by atoms with Gasteiger partial charge in [0.2, 0.25) is 0 Å². The predicted molar refractivity (Wildman–Crippen MR) is 85.6 cm³/mol. The lowest BCUT2D eigenvalue weighted by Crippen LogP contribution is -2.53. The van der Waals surface area contributed by atoms with Crippen molar-refractivity contribution in [2.24, 2.45) is 0 Å². The molecule has 1 aromatic carbocycles. The molecule has 0 aliphatic carbocycles. The molecule has 2 N–H and O–H groups in total. The molecule has 1 aliphatic heterocycles. The van der Waals surface area contributed by atoms with Gasteiger partial charge in [-0.2, -0.15) is 0 Å². The van der Waals surface area contributed by atoms with Gasteiger partial charge in [0.1, 0.15) is 0 Å².